The summed E-state index contributed by atoms with van der Waals surface area (Å²) < 4.78 is 5.97. The van der Waals surface area contributed by atoms with Crippen molar-refractivity contribution < 1.29 is 24.5 Å². The van der Waals surface area contributed by atoms with Crippen LogP contribution >= 0.6 is 0 Å². The standard InChI is InChI=1S/C61H119NO5/c1-4-7-10-13-16-19-22-25-28-30-33-36-39-42-45-48-51-54-61(66)67-57(52-49-46-43-40-37-34-31-27-24-21-18-15-12-9-6-3)55-60(65)62-58(56-63)59(64)53-50-47-44-41-38-35-32-29-26-23-20-17-14-11-8-5-2/h27,31,57-59,63-64H,4-26,28-30,32-56H2,1-3H3,(H,62,65)/b31-27+. The molecule has 0 bridgehead atoms. The van der Waals surface area contributed by atoms with E-state index < -0.39 is 18.2 Å². The van der Waals surface area contributed by atoms with Gasteiger partial charge in [-0.2, -0.15) is 0 Å². The molecule has 398 valence electrons. The molecule has 0 spiro atoms. The molecule has 1 amide bonds. The van der Waals surface area contributed by atoms with E-state index in [1.807, 2.05) is 0 Å². The molecular weight excluding hydrogens is 827 g/mol. The van der Waals surface area contributed by atoms with Crippen molar-refractivity contribution in [2.45, 2.75) is 360 Å². The molecule has 6 nitrogen and oxygen atoms in total. The largest absolute Gasteiger partial charge is 0.462 e. The molecule has 3 atom stereocenters. The van der Waals surface area contributed by atoms with Gasteiger partial charge in [0.2, 0.25) is 5.91 Å². The number of carbonyl (C=O) groups is 2. The fourth-order valence-corrected chi connectivity index (χ4v) is 9.72. The maximum absolute atomic E-state index is 13.3. The van der Waals surface area contributed by atoms with Gasteiger partial charge in [0.1, 0.15) is 6.10 Å². The van der Waals surface area contributed by atoms with E-state index in [9.17, 15) is 19.8 Å². The number of ether oxygens (including phenoxy) is 1. The lowest BCUT2D eigenvalue weighted by molar-refractivity contribution is -0.151. The molecule has 0 heterocycles. The highest BCUT2D eigenvalue weighted by Gasteiger charge is 2.24. The lowest BCUT2D eigenvalue weighted by Crippen LogP contribution is -2.46. The zero-order valence-corrected chi connectivity index (χ0v) is 45.6. The zero-order chi connectivity index (χ0) is 48.8. The van der Waals surface area contributed by atoms with E-state index >= 15 is 0 Å². The number of aliphatic hydroxyl groups is 2. The van der Waals surface area contributed by atoms with Gasteiger partial charge in [-0.15, -0.1) is 0 Å². The minimum atomic E-state index is -0.785. The van der Waals surface area contributed by atoms with Gasteiger partial charge < -0.3 is 20.3 Å². The minimum Gasteiger partial charge on any atom is -0.462 e. The number of hydrogen-bond donors (Lipinski definition) is 3. The molecule has 0 aliphatic heterocycles. The summed E-state index contributed by atoms with van der Waals surface area (Å²) in [5, 5.41) is 23.9. The van der Waals surface area contributed by atoms with Crippen LogP contribution in [-0.2, 0) is 14.3 Å². The Balaban J connectivity index is 4.49. The Morgan fingerprint density at radius 2 is 0.716 bits per heavy atom. The molecule has 0 aromatic rings. The van der Waals surface area contributed by atoms with Crippen molar-refractivity contribution in [3.63, 3.8) is 0 Å². The van der Waals surface area contributed by atoms with E-state index in [0.29, 0.717) is 19.3 Å². The van der Waals surface area contributed by atoms with Gasteiger partial charge in [0.25, 0.3) is 0 Å². The number of hydrogen-bond acceptors (Lipinski definition) is 5. The van der Waals surface area contributed by atoms with Gasteiger partial charge in [-0.05, 0) is 51.4 Å². The molecule has 67 heavy (non-hydrogen) atoms. The van der Waals surface area contributed by atoms with Crippen LogP contribution < -0.4 is 5.32 Å². The number of rotatable bonds is 56. The second kappa shape index (κ2) is 55.5. The van der Waals surface area contributed by atoms with Crippen molar-refractivity contribution in [1.82, 2.24) is 5.32 Å². The topological polar surface area (TPSA) is 95.9 Å². The second-order valence-corrected chi connectivity index (χ2v) is 21.1. The summed E-state index contributed by atoms with van der Waals surface area (Å²) in [5.74, 6) is -0.456. The first-order valence-electron chi connectivity index (χ1n) is 30.4. The number of esters is 1. The summed E-state index contributed by atoms with van der Waals surface area (Å²) in [5.41, 5.74) is 0. The van der Waals surface area contributed by atoms with E-state index in [0.717, 1.165) is 57.8 Å². The summed E-state index contributed by atoms with van der Waals surface area (Å²) >= 11 is 0. The van der Waals surface area contributed by atoms with Gasteiger partial charge >= 0.3 is 5.97 Å². The lowest BCUT2D eigenvalue weighted by Gasteiger charge is -2.24. The zero-order valence-electron chi connectivity index (χ0n) is 45.6. The monoisotopic (exact) mass is 946 g/mol. The Morgan fingerprint density at radius 1 is 0.418 bits per heavy atom. The van der Waals surface area contributed by atoms with Crippen molar-refractivity contribution in [2.24, 2.45) is 0 Å². The molecule has 6 heteroatoms. The Kier molecular flexibility index (Phi) is 54.4. The highest BCUT2D eigenvalue weighted by molar-refractivity contribution is 5.77. The van der Waals surface area contributed by atoms with Gasteiger partial charge in [-0.1, -0.05) is 290 Å². The molecule has 0 aliphatic carbocycles. The molecule has 0 saturated carbocycles. The molecule has 0 aromatic heterocycles. The van der Waals surface area contributed by atoms with Crippen LogP contribution in [0.25, 0.3) is 0 Å². The van der Waals surface area contributed by atoms with Gasteiger partial charge in [-0.3, -0.25) is 9.59 Å². The SMILES string of the molecule is CCCCCCCC/C=C/CCCCCCCC(CC(=O)NC(CO)C(O)CCCCCCCCCCCCCCCCCC)OC(=O)CCCCCCCCCCCCCCCCCCC. The second-order valence-electron chi connectivity index (χ2n) is 21.1. The Morgan fingerprint density at radius 3 is 1.06 bits per heavy atom. The van der Waals surface area contributed by atoms with Crippen LogP contribution in [-0.4, -0.2) is 46.9 Å². The Bertz CT molecular complexity index is 1020. The summed E-state index contributed by atoms with van der Waals surface area (Å²) in [7, 11) is 0. The molecule has 0 radical (unpaired) electrons. The predicted octanol–water partition coefficient (Wildman–Crippen LogP) is 18.9. The van der Waals surface area contributed by atoms with Crippen LogP contribution in [0.5, 0.6) is 0 Å². The van der Waals surface area contributed by atoms with Crippen molar-refractivity contribution in [1.29, 1.82) is 0 Å². The Labute approximate surface area is 419 Å². The molecule has 0 aromatic carbocycles. The lowest BCUT2D eigenvalue weighted by atomic mass is 10.0. The first kappa shape index (κ1) is 65.6. The summed E-state index contributed by atoms with van der Waals surface area (Å²) in [6.07, 6.45) is 64.2. The van der Waals surface area contributed by atoms with E-state index in [1.54, 1.807) is 0 Å². The van der Waals surface area contributed by atoms with Gasteiger partial charge in [0.05, 0.1) is 25.2 Å². The van der Waals surface area contributed by atoms with E-state index in [4.69, 9.17) is 4.74 Å². The minimum absolute atomic E-state index is 0.0798. The molecule has 0 saturated heterocycles. The number of unbranched alkanes of at least 4 members (excludes halogenated alkanes) is 42. The first-order valence-corrected chi connectivity index (χ1v) is 30.4. The van der Waals surface area contributed by atoms with Gasteiger partial charge in [0, 0.05) is 6.42 Å². The van der Waals surface area contributed by atoms with Crippen LogP contribution in [0.4, 0.5) is 0 Å². The van der Waals surface area contributed by atoms with Gasteiger partial charge in [0.15, 0.2) is 0 Å². The molecule has 3 unspecified atom stereocenters. The van der Waals surface area contributed by atoms with Crippen LogP contribution in [0.15, 0.2) is 12.2 Å². The van der Waals surface area contributed by atoms with E-state index in [1.165, 1.54) is 238 Å². The van der Waals surface area contributed by atoms with Crippen molar-refractivity contribution in [3.8, 4) is 0 Å². The van der Waals surface area contributed by atoms with Crippen molar-refractivity contribution in [2.75, 3.05) is 6.61 Å². The maximum atomic E-state index is 13.3. The fraction of sp³-hybridized carbons (Fsp3) is 0.934. The molecular formula is C61H119NO5. The van der Waals surface area contributed by atoms with Crippen LogP contribution in [0.2, 0.25) is 0 Å². The van der Waals surface area contributed by atoms with Crippen LogP contribution in [0, 0.1) is 0 Å². The van der Waals surface area contributed by atoms with Crippen LogP contribution in [0.3, 0.4) is 0 Å². The third-order valence-electron chi connectivity index (χ3n) is 14.3. The number of nitrogens with one attached hydrogen (secondary N) is 1. The number of allylic oxidation sites excluding steroid dienone is 2. The summed E-state index contributed by atoms with van der Waals surface area (Å²) in [4.78, 5) is 26.3. The number of amides is 1. The number of aliphatic hydroxyl groups excluding tert-OH is 2. The maximum Gasteiger partial charge on any atom is 0.306 e. The number of carbonyl (C=O) groups excluding carboxylic acids is 2. The highest BCUT2D eigenvalue weighted by Crippen LogP contribution is 2.19. The van der Waals surface area contributed by atoms with Crippen molar-refractivity contribution in [3.05, 3.63) is 12.2 Å². The summed E-state index contributed by atoms with van der Waals surface area (Å²) in [6, 6.07) is -0.699. The highest BCUT2D eigenvalue weighted by atomic mass is 16.5. The molecule has 3 N–H and O–H groups in total. The molecule has 0 aliphatic rings. The van der Waals surface area contributed by atoms with Crippen LogP contribution in [0.1, 0.15) is 342 Å². The third kappa shape index (κ3) is 50.8. The summed E-state index contributed by atoms with van der Waals surface area (Å²) in [6.45, 7) is 6.53. The average Bonchev–Trinajstić information content (AvgIpc) is 3.32. The third-order valence-corrected chi connectivity index (χ3v) is 14.3. The normalized spacial score (nSPS) is 13.1. The van der Waals surface area contributed by atoms with Gasteiger partial charge in [-0.25, -0.2) is 0 Å². The Hall–Kier alpha value is -1.40. The first-order chi connectivity index (χ1) is 33.0. The quantitative estimate of drug-likeness (QED) is 0.0321. The fourth-order valence-electron chi connectivity index (χ4n) is 9.72. The average molecular weight is 947 g/mol. The molecule has 0 rings (SSSR count). The predicted molar refractivity (Wildman–Crippen MR) is 292 cm³/mol. The van der Waals surface area contributed by atoms with Crippen molar-refractivity contribution >= 4 is 11.9 Å². The van der Waals surface area contributed by atoms with E-state index in [-0.39, 0.29) is 24.9 Å². The van der Waals surface area contributed by atoms with E-state index in [2.05, 4.69) is 38.2 Å². The smallest absolute Gasteiger partial charge is 0.306 e. The molecule has 0 fully saturated rings.